The molecule has 1 aliphatic rings. The lowest BCUT2D eigenvalue weighted by Crippen LogP contribution is -2.38. The van der Waals surface area contributed by atoms with Crippen molar-refractivity contribution < 1.29 is 9.53 Å². The summed E-state index contributed by atoms with van der Waals surface area (Å²) in [6.45, 7) is 0.537. The Morgan fingerprint density at radius 2 is 1.94 bits per heavy atom. The topological polar surface area (TPSA) is 83.1 Å². The molecule has 3 aromatic rings. The number of H-pyrrole nitrogens is 2. The Kier molecular flexibility index (Phi) is 6.98. The van der Waals surface area contributed by atoms with Crippen LogP contribution < -0.4 is 10.3 Å². The highest BCUT2D eigenvalue weighted by molar-refractivity contribution is 7.71. The van der Waals surface area contributed by atoms with Gasteiger partial charge in [-0.05, 0) is 56.1 Å². The number of aromatic amines is 2. The highest BCUT2D eigenvalue weighted by atomic mass is 32.1. The first kappa shape index (κ1) is 22.6. The van der Waals surface area contributed by atoms with Gasteiger partial charge < -0.3 is 19.6 Å². The van der Waals surface area contributed by atoms with Gasteiger partial charge >= 0.3 is 0 Å². The van der Waals surface area contributed by atoms with Crippen molar-refractivity contribution in [3.05, 3.63) is 33.3 Å². The average molecular weight is 457 g/mol. The van der Waals surface area contributed by atoms with Crippen LogP contribution in [-0.2, 0) is 11.3 Å². The zero-order valence-corrected chi connectivity index (χ0v) is 19.7. The summed E-state index contributed by atoms with van der Waals surface area (Å²) >= 11 is 5.48. The van der Waals surface area contributed by atoms with E-state index in [1.54, 1.807) is 11.7 Å². The van der Waals surface area contributed by atoms with E-state index in [-0.39, 0.29) is 11.5 Å². The SMILES string of the molecule is COc1ccc2[nH]c3c(=O)n(CCCCCC(=O)N(C)C4CCCCC4)c(=S)[nH]c3c2c1. The summed E-state index contributed by atoms with van der Waals surface area (Å²) in [7, 11) is 3.56. The fourth-order valence-corrected chi connectivity index (χ4v) is 5.04. The molecule has 0 atom stereocenters. The van der Waals surface area contributed by atoms with Gasteiger partial charge in [0, 0.05) is 37.0 Å². The van der Waals surface area contributed by atoms with E-state index in [0.29, 0.717) is 34.8 Å². The van der Waals surface area contributed by atoms with E-state index in [2.05, 4.69) is 9.97 Å². The zero-order chi connectivity index (χ0) is 22.7. The van der Waals surface area contributed by atoms with Crippen molar-refractivity contribution in [2.75, 3.05) is 14.2 Å². The van der Waals surface area contributed by atoms with Crippen LogP contribution in [0.1, 0.15) is 57.8 Å². The van der Waals surface area contributed by atoms with E-state index < -0.39 is 0 Å². The lowest BCUT2D eigenvalue weighted by Gasteiger charge is -2.31. The summed E-state index contributed by atoms with van der Waals surface area (Å²) in [4.78, 5) is 33.9. The molecule has 2 aromatic heterocycles. The first-order chi connectivity index (χ1) is 15.5. The monoisotopic (exact) mass is 456 g/mol. The Balaban J connectivity index is 1.37. The molecule has 0 spiro atoms. The van der Waals surface area contributed by atoms with Crippen LogP contribution in [0.3, 0.4) is 0 Å². The van der Waals surface area contributed by atoms with Crippen molar-refractivity contribution in [2.45, 2.75) is 70.4 Å². The van der Waals surface area contributed by atoms with Crippen molar-refractivity contribution in [3.63, 3.8) is 0 Å². The van der Waals surface area contributed by atoms with Crippen LogP contribution >= 0.6 is 12.2 Å². The highest BCUT2D eigenvalue weighted by Gasteiger charge is 2.21. The van der Waals surface area contributed by atoms with E-state index in [4.69, 9.17) is 17.0 Å². The molecule has 8 heteroatoms. The van der Waals surface area contributed by atoms with E-state index in [1.807, 2.05) is 30.1 Å². The lowest BCUT2D eigenvalue weighted by molar-refractivity contribution is -0.132. The Morgan fingerprint density at radius 1 is 1.16 bits per heavy atom. The van der Waals surface area contributed by atoms with E-state index in [9.17, 15) is 9.59 Å². The standard InChI is InChI=1S/C24H32N4O3S/c1-27(16-9-5-3-6-10-16)20(29)11-7-4-8-14-28-23(30)22-21(26-24(28)32)18-15-17(31-2)12-13-19(18)25-22/h12-13,15-16,25H,3-11,14H2,1-2H3,(H,26,32). The molecule has 1 saturated carbocycles. The number of hydrogen-bond acceptors (Lipinski definition) is 4. The van der Waals surface area contributed by atoms with Crippen LogP contribution in [0.25, 0.3) is 21.9 Å². The molecule has 0 saturated heterocycles. The molecular formula is C24H32N4O3S. The molecule has 1 fully saturated rings. The third kappa shape index (κ3) is 4.60. The first-order valence-electron chi connectivity index (χ1n) is 11.6. The van der Waals surface area contributed by atoms with Gasteiger partial charge in [0.2, 0.25) is 5.91 Å². The number of hydrogen-bond donors (Lipinski definition) is 2. The maximum atomic E-state index is 13.1. The number of fused-ring (bicyclic) bond motifs is 3. The van der Waals surface area contributed by atoms with Crippen molar-refractivity contribution in [2.24, 2.45) is 0 Å². The number of carbonyl (C=O) groups is 1. The summed E-state index contributed by atoms with van der Waals surface area (Å²) in [6.07, 6.45) is 9.09. The van der Waals surface area contributed by atoms with Crippen LogP contribution in [0.2, 0.25) is 0 Å². The van der Waals surface area contributed by atoms with Crippen molar-refractivity contribution in [3.8, 4) is 5.75 Å². The number of ether oxygens (including phenoxy) is 1. The van der Waals surface area contributed by atoms with Crippen molar-refractivity contribution in [1.82, 2.24) is 19.4 Å². The second-order valence-electron chi connectivity index (χ2n) is 8.78. The molecule has 1 aliphatic carbocycles. The molecule has 1 aromatic carbocycles. The predicted octanol–water partition coefficient (Wildman–Crippen LogP) is 4.90. The van der Waals surface area contributed by atoms with E-state index in [0.717, 1.165) is 48.8 Å². The van der Waals surface area contributed by atoms with Crippen LogP contribution in [0.4, 0.5) is 0 Å². The number of nitrogens with zero attached hydrogens (tertiary/aromatic N) is 2. The molecule has 4 rings (SSSR count). The Bertz CT molecular complexity index is 1220. The van der Waals surface area contributed by atoms with Gasteiger partial charge in [0.15, 0.2) is 4.77 Å². The number of aromatic nitrogens is 3. The quantitative estimate of drug-likeness (QED) is 0.373. The van der Waals surface area contributed by atoms with E-state index in [1.165, 1.54) is 19.3 Å². The van der Waals surface area contributed by atoms with Gasteiger partial charge in [-0.15, -0.1) is 0 Å². The molecule has 2 N–H and O–H groups in total. The van der Waals surface area contributed by atoms with Gasteiger partial charge in [0.05, 0.1) is 12.6 Å². The summed E-state index contributed by atoms with van der Waals surface area (Å²) in [5.41, 5.74) is 1.97. The molecule has 2 heterocycles. The van der Waals surface area contributed by atoms with Gasteiger partial charge in [-0.3, -0.25) is 14.2 Å². The smallest absolute Gasteiger partial charge is 0.278 e. The van der Waals surface area contributed by atoms with Gasteiger partial charge in [-0.25, -0.2) is 0 Å². The van der Waals surface area contributed by atoms with Crippen LogP contribution in [-0.4, -0.2) is 45.5 Å². The maximum absolute atomic E-state index is 13.1. The molecular weight excluding hydrogens is 424 g/mol. The minimum atomic E-state index is -0.118. The Labute approximate surface area is 192 Å². The summed E-state index contributed by atoms with van der Waals surface area (Å²) in [5.74, 6) is 0.965. The van der Waals surface area contributed by atoms with Gasteiger partial charge in [-0.2, -0.15) is 0 Å². The Hall–Kier alpha value is -2.61. The molecule has 0 unspecified atom stereocenters. The number of carbonyl (C=O) groups excluding carboxylic acids is 1. The molecule has 0 aliphatic heterocycles. The highest BCUT2D eigenvalue weighted by Crippen LogP contribution is 2.26. The number of amides is 1. The number of rotatable bonds is 8. The van der Waals surface area contributed by atoms with Crippen molar-refractivity contribution >= 4 is 40.1 Å². The Morgan fingerprint density at radius 3 is 2.69 bits per heavy atom. The van der Waals surface area contributed by atoms with Gasteiger partial charge in [0.1, 0.15) is 11.3 Å². The molecule has 1 amide bonds. The summed E-state index contributed by atoms with van der Waals surface area (Å²) in [6, 6.07) is 6.06. The lowest BCUT2D eigenvalue weighted by atomic mass is 9.94. The number of unbranched alkanes of at least 4 members (excludes halogenated alkanes) is 2. The van der Waals surface area contributed by atoms with Crippen LogP contribution in [0, 0.1) is 4.77 Å². The third-order valence-corrected chi connectivity index (χ3v) is 7.05. The number of benzene rings is 1. The fourth-order valence-electron chi connectivity index (χ4n) is 4.76. The first-order valence-corrected chi connectivity index (χ1v) is 12.0. The number of nitrogens with one attached hydrogen (secondary N) is 2. The third-order valence-electron chi connectivity index (χ3n) is 6.73. The number of methoxy groups -OCH3 is 1. The maximum Gasteiger partial charge on any atom is 0.278 e. The second kappa shape index (κ2) is 9.90. The molecule has 0 radical (unpaired) electrons. The summed E-state index contributed by atoms with van der Waals surface area (Å²) < 4.78 is 7.33. The minimum Gasteiger partial charge on any atom is -0.497 e. The largest absolute Gasteiger partial charge is 0.497 e. The average Bonchev–Trinajstić information content (AvgIpc) is 3.18. The van der Waals surface area contributed by atoms with Crippen molar-refractivity contribution in [1.29, 1.82) is 0 Å². The van der Waals surface area contributed by atoms with Crippen LogP contribution in [0.5, 0.6) is 5.75 Å². The molecule has 7 nitrogen and oxygen atoms in total. The molecule has 172 valence electrons. The van der Waals surface area contributed by atoms with Crippen LogP contribution in [0.15, 0.2) is 23.0 Å². The molecule has 32 heavy (non-hydrogen) atoms. The fraction of sp³-hybridized carbons (Fsp3) is 0.542. The second-order valence-corrected chi connectivity index (χ2v) is 9.17. The van der Waals surface area contributed by atoms with E-state index >= 15 is 0 Å². The normalized spacial score (nSPS) is 14.8. The predicted molar refractivity (Wildman–Crippen MR) is 130 cm³/mol. The van der Waals surface area contributed by atoms with Gasteiger partial charge in [-0.1, -0.05) is 25.7 Å². The summed E-state index contributed by atoms with van der Waals surface area (Å²) in [5, 5.41) is 0.885. The van der Waals surface area contributed by atoms with Gasteiger partial charge in [0.25, 0.3) is 5.56 Å². The zero-order valence-electron chi connectivity index (χ0n) is 18.9. The minimum absolute atomic E-state index is 0.118. The molecule has 0 bridgehead atoms.